The van der Waals surface area contributed by atoms with E-state index in [0.717, 1.165) is 36.3 Å². The SMILES string of the molecule is C[C@H]1CC(NC[C@]2(O)CCSC2)C[C@H](C)C1. The molecule has 0 spiro atoms. The Morgan fingerprint density at radius 3 is 2.50 bits per heavy atom. The van der Waals surface area contributed by atoms with Crippen molar-refractivity contribution in [3.8, 4) is 0 Å². The highest BCUT2D eigenvalue weighted by Gasteiger charge is 2.33. The zero-order valence-corrected chi connectivity index (χ0v) is 11.4. The summed E-state index contributed by atoms with van der Waals surface area (Å²) < 4.78 is 0. The van der Waals surface area contributed by atoms with E-state index in [-0.39, 0.29) is 0 Å². The average Bonchev–Trinajstić information content (AvgIpc) is 2.62. The van der Waals surface area contributed by atoms with E-state index in [9.17, 15) is 5.11 Å². The smallest absolute Gasteiger partial charge is 0.0869 e. The van der Waals surface area contributed by atoms with Crippen LogP contribution in [-0.2, 0) is 0 Å². The van der Waals surface area contributed by atoms with Gasteiger partial charge in [-0.1, -0.05) is 13.8 Å². The van der Waals surface area contributed by atoms with Crippen LogP contribution in [0.3, 0.4) is 0 Å². The minimum atomic E-state index is -0.422. The molecular weight excluding hydrogens is 218 g/mol. The molecule has 2 rings (SSSR count). The van der Waals surface area contributed by atoms with E-state index in [0.29, 0.717) is 6.04 Å². The highest BCUT2D eigenvalue weighted by molar-refractivity contribution is 7.99. The van der Waals surface area contributed by atoms with Gasteiger partial charge in [-0.3, -0.25) is 0 Å². The Bertz CT molecular complexity index is 218. The van der Waals surface area contributed by atoms with Gasteiger partial charge in [0.15, 0.2) is 0 Å². The zero-order valence-electron chi connectivity index (χ0n) is 10.5. The van der Waals surface area contributed by atoms with Crippen LogP contribution in [0.15, 0.2) is 0 Å². The zero-order chi connectivity index (χ0) is 11.6. The monoisotopic (exact) mass is 243 g/mol. The molecule has 2 N–H and O–H groups in total. The van der Waals surface area contributed by atoms with Crippen LogP contribution in [0.1, 0.15) is 39.5 Å². The van der Waals surface area contributed by atoms with E-state index in [4.69, 9.17) is 0 Å². The fourth-order valence-electron chi connectivity index (χ4n) is 3.18. The normalized spacial score (nSPS) is 44.8. The topological polar surface area (TPSA) is 32.3 Å². The van der Waals surface area contributed by atoms with Crippen LogP contribution in [0.25, 0.3) is 0 Å². The Morgan fingerprint density at radius 1 is 1.25 bits per heavy atom. The number of nitrogens with one attached hydrogen (secondary N) is 1. The molecule has 0 radical (unpaired) electrons. The van der Waals surface area contributed by atoms with Gasteiger partial charge >= 0.3 is 0 Å². The molecular formula is C13H25NOS. The van der Waals surface area contributed by atoms with Gasteiger partial charge in [-0.25, -0.2) is 0 Å². The van der Waals surface area contributed by atoms with Crippen molar-refractivity contribution < 1.29 is 5.11 Å². The largest absolute Gasteiger partial charge is 0.388 e. The first-order chi connectivity index (χ1) is 7.57. The summed E-state index contributed by atoms with van der Waals surface area (Å²) in [6.07, 6.45) is 4.90. The first-order valence-electron chi connectivity index (χ1n) is 6.61. The first kappa shape index (κ1) is 12.7. The molecule has 1 heterocycles. The first-order valence-corrected chi connectivity index (χ1v) is 7.76. The Balaban J connectivity index is 1.76. The molecule has 3 atom stereocenters. The van der Waals surface area contributed by atoms with Crippen molar-refractivity contribution in [2.24, 2.45) is 11.8 Å². The van der Waals surface area contributed by atoms with Gasteiger partial charge in [0, 0.05) is 18.3 Å². The molecule has 1 saturated carbocycles. The number of thioether (sulfide) groups is 1. The van der Waals surface area contributed by atoms with Crippen LogP contribution in [0.2, 0.25) is 0 Å². The van der Waals surface area contributed by atoms with E-state index in [2.05, 4.69) is 19.2 Å². The van der Waals surface area contributed by atoms with Gasteiger partial charge < -0.3 is 10.4 Å². The van der Waals surface area contributed by atoms with Gasteiger partial charge in [0.05, 0.1) is 5.60 Å². The number of hydrogen-bond acceptors (Lipinski definition) is 3. The molecule has 0 aromatic carbocycles. The third-order valence-corrected chi connectivity index (χ3v) is 5.22. The van der Waals surface area contributed by atoms with E-state index in [1.165, 1.54) is 19.3 Å². The lowest BCUT2D eigenvalue weighted by Gasteiger charge is -2.34. The lowest BCUT2D eigenvalue weighted by atomic mass is 9.80. The van der Waals surface area contributed by atoms with Crippen LogP contribution in [-0.4, -0.2) is 34.8 Å². The minimum Gasteiger partial charge on any atom is -0.388 e. The van der Waals surface area contributed by atoms with Crippen molar-refractivity contribution in [2.45, 2.75) is 51.2 Å². The van der Waals surface area contributed by atoms with Crippen LogP contribution in [0, 0.1) is 11.8 Å². The summed E-state index contributed by atoms with van der Waals surface area (Å²) >= 11 is 1.88. The Morgan fingerprint density at radius 2 is 1.94 bits per heavy atom. The molecule has 3 heteroatoms. The predicted molar refractivity (Wildman–Crippen MR) is 70.9 cm³/mol. The lowest BCUT2D eigenvalue weighted by molar-refractivity contribution is 0.0601. The molecule has 16 heavy (non-hydrogen) atoms. The highest BCUT2D eigenvalue weighted by atomic mass is 32.2. The van der Waals surface area contributed by atoms with E-state index in [1.54, 1.807) is 0 Å². The maximum Gasteiger partial charge on any atom is 0.0869 e. The van der Waals surface area contributed by atoms with Gasteiger partial charge in [0.1, 0.15) is 0 Å². The second-order valence-corrected chi connectivity index (χ2v) is 7.13. The van der Waals surface area contributed by atoms with Gasteiger partial charge in [-0.2, -0.15) is 11.8 Å². The molecule has 1 aliphatic carbocycles. The van der Waals surface area contributed by atoms with Gasteiger partial charge in [-0.05, 0) is 43.3 Å². The van der Waals surface area contributed by atoms with Crippen LogP contribution >= 0.6 is 11.8 Å². The van der Waals surface area contributed by atoms with Gasteiger partial charge in [0.2, 0.25) is 0 Å². The third-order valence-electron chi connectivity index (χ3n) is 3.98. The molecule has 0 amide bonds. The summed E-state index contributed by atoms with van der Waals surface area (Å²) in [5.41, 5.74) is -0.422. The van der Waals surface area contributed by atoms with Crippen LogP contribution in [0.4, 0.5) is 0 Å². The molecule has 0 aromatic heterocycles. The Kier molecular flexibility index (Phi) is 4.20. The van der Waals surface area contributed by atoms with Crippen molar-refractivity contribution >= 4 is 11.8 Å². The quantitative estimate of drug-likeness (QED) is 0.797. The van der Waals surface area contributed by atoms with Crippen molar-refractivity contribution in [2.75, 3.05) is 18.1 Å². The second kappa shape index (κ2) is 5.28. The molecule has 94 valence electrons. The Labute approximate surface area is 104 Å². The minimum absolute atomic E-state index is 0.422. The highest BCUT2D eigenvalue weighted by Crippen LogP contribution is 2.30. The number of rotatable bonds is 3. The van der Waals surface area contributed by atoms with E-state index in [1.807, 2.05) is 11.8 Å². The fourth-order valence-corrected chi connectivity index (χ4v) is 4.48. The summed E-state index contributed by atoms with van der Waals surface area (Å²) in [6.45, 7) is 5.50. The third kappa shape index (κ3) is 3.38. The molecule has 2 nitrogen and oxygen atoms in total. The van der Waals surface area contributed by atoms with Crippen LogP contribution in [0.5, 0.6) is 0 Å². The molecule has 0 aromatic rings. The molecule has 1 aliphatic heterocycles. The number of aliphatic hydroxyl groups is 1. The van der Waals surface area contributed by atoms with Crippen molar-refractivity contribution in [3.63, 3.8) is 0 Å². The summed E-state index contributed by atoms with van der Waals surface area (Å²) in [5.74, 6) is 3.72. The fraction of sp³-hybridized carbons (Fsp3) is 1.00. The lowest BCUT2D eigenvalue weighted by Crippen LogP contribution is -2.46. The summed E-state index contributed by atoms with van der Waals surface area (Å²) in [6, 6.07) is 0.633. The second-order valence-electron chi connectivity index (χ2n) is 6.02. The van der Waals surface area contributed by atoms with Crippen molar-refractivity contribution in [1.82, 2.24) is 5.32 Å². The molecule has 0 unspecified atom stereocenters. The van der Waals surface area contributed by atoms with Gasteiger partial charge in [-0.15, -0.1) is 0 Å². The maximum atomic E-state index is 10.3. The maximum absolute atomic E-state index is 10.3. The summed E-state index contributed by atoms with van der Waals surface area (Å²) in [4.78, 5) is 0. The molecule has 2 fully saturated rings. The van der Waals surface area contributed by atoms with Crippen LogP contribution < -0.4 is 5.32 Å². The van der Waals surface area contributed by atoms with Gasteiger partial charge in [0.25, 0.3) is 0 Å². The van der Waals surface area contributed by atoms with E-state index < -0.39 is 5.60 Å². The molecule has 1 saturated heterocycles. The summed E-state index contributed by atoms with van der Waals surface area (Å²) in [5, 5.41) is 13.9. The number of hydrogen-bond donors (Lipinski definition) is 2. The molecule has 0 bridgehead atoms. The molecule has 2 aliphatic rings. The predicted octanol–water partition coefficient (Wildman–Crippen LogP) is 2.27. The van der Waals surface area contributed by atoms with Crippen molar-refractivity contribution in [3.05, 3.63) is 0 Å². The standard InChI is InChI=1S/C13H25NOS/c1-10-5-11(2)7-12(6-10)14-8-13(15)3-4-16-9-13/h10-12,14-15H,3-9H2,1-2H3/t10-,11-,13-/m1/s1. The van der Waals surface area contributed by atoms with E-state index >= 15 is 0 Å². The van der Waals surface area contributed by atoms with Crippen molar-refractivity contribution in [1.29, 1.82) is 0 Å². The Hall–Kier alpha value is 0.270. The summed E-state index contributed by atoms with van der Waals surface area (Å²) in [7, 11) is 0. The average molecular weight is 243 g/mol.